The van der Waals surface area contributed by atoms with Gasteiger partial charge in [-0.2, -0.15) is 18.3 Å². The van der Waals surface area contributed by atoms with Crippen LogP contribution in [0.15, 0.2) is 12.3 Å². The monoisotopic (exact) mass is 260 g/mol. The minimum atomic E-state index is -4.19. The van der Waals surface area contributed by atoms with Crippen molar-refractivity contribution in [3.63, 3.8) is 0 Å². The van der Waals surface area contributed by atoms with Gasteiger partial charge in [-0.25, -0.2) is 0 Å². The molecular formula is C12H15F3N2O. The predicted molar refractivity (Wildman–Crippen MR) is 59.0 cm³/mol. The van der Waals surface area contributed by atoms with Crippen LogP contribution in [0.2, 0.25) is 0 Å². The summed E-state index contributed by atoms with van der Waals surface area (Å²) >= 11 is 0. The quantitative estimate of drug-likeness (QED) is 0.766. The van der Waals surface area contributed by atoms with E-state index in [9.17, 15) is 18.0 Å². The summed E-state index contributed by atoms with van der Waals surface area (Å²) in [6.45, 7) is 0. The molecule has 6 heteroatoms. The first-order chi connectivity index (χ1) is 8.38. The third-order valence-electron chi connectivity index (χ3n) is 3.47. The van der Waals surface area contributed by atoms with Crippen molar-refractivity contribution >= 4 is 5.78 Å². The molecular weight excluding hydrogens is 245 g/mol. The van der Waals surface area contributed by atoms with Gasteiger partial charge in [-0.1, -0.05) is 6.42 Å². The number of hydrogen-bond acceptors (Lipinski definition) is 2. The summed E-state index contributed by atoms with van der Waals surface area (Å²) < 4.78 is 39.4. The van der Waals surface area contributed by atoms with Crippen LogP contribution in [0.4, 0.5) is 13.2 Å². The molecule has 1 aliphatic rings. The standard InChI is InChI=1S/C12H15F3N2O/c1-17-6-5-10(16-17)11(18)8-3-2-4-9(7-8)12(13,14)15/h5-6,8-9H,2-4,7H2,1H3. The number of aromatic nitrogens is 2. The summed E-state index contributed by atoms with van der Waals surface area (Å²) in [5, 5.41) is 3.96. The fraction of sp³-hybridized carbons (Fsp3) is 0.667. The van der Waals surface area contributed by atoms with Crippen molar-refractivity contribution in [1.29, 1.82) is 0 Å². The van der Waals surface area contributed by atoms with Gasteiger partial charge >= 0.3 is 6.18 Å². The van der Waals surface area contributed by atoms with E-state index in [0.717, 1.165) is 0 Å². The molecule has 18 heavy (non-hydrogen) atoms. The van der Waals surface area contributed by atoms with Gasteiger partial charge < -0.3 is 0 Å². The van der Waals surface area contributed by atoms with Gasteiger partial charge in [0, 0.05) is 19.2 Å². The van der Waals surface area contributed by atoms with Crippen LogP contribution in [0, 0.1) is 11.8 Å². The molecule has 1 aromatic heterocycles. The van der Waals surface area contributed by atoms with Crippen LogP contribution in [0.3, 0.4) is 0 Å². The summed E-state index contributed by atoms with van der Waals surface area (Å²) in [5.74, 6) is -2.14. The van der Waals surface area contributed by atoms with Crippen molar-refractivity contribution in [3.8, 4) is 0 Å². The van der Waals surface area contributed by atoms with Crippen LogP contribution in [-0.4, -0.2) is 21.7 Å². The van der Waals surface area contributed by atoms with Crippen LogP contribution in [-0.2, 0) is 7.05 Å². The number of alkyl halides is 3. The molecule has 0 aromatic carbocycles. The maximum atomic E-state index is 12.7. The zero-order valence-electron chi connectivity index (χ0n) is 10.1. The smallest absolute Gasteiger partial charge is 0.292 e. The fourth-order valence-corrected chi connectivity index (χ4v) is 2.48. The van der Waals surface area contributed by atoms with E-state index in [4.69, 9.17) is 0 Å². The minimum Gasteiger partial charge on any atom is -0.292 e. The lowest BCUT2D eigenvalue weighted by Gasteiger charge is -2.29. The molecule has 100 valence electrons. The molecule has 1 saturated carbocycles. The summed E-state index contributed by atoms with van der Waals surface area (Å²) in [6.07, 6.45) is -1.55. The molecule has 0 bridgehead atoms. The highest BCUT2D eigenvalue weighted by Crippen LogP contribution is 2.40. The first-order valence-electron chi connectivity index (χ1n) is 5.98. The van der Waals surface area contributed by atoms with Crippen molar-refractivity contribution in [3.05, 3.63) is 18.0 Å². The number of Topliss-reactive ketones (excluding diaryl/α,β-unsaturated/α-hetero) is 1. The zero-order chi connectivity index (χ0) is 13.3. The van der Waals surface area contributed by atoms with Crippen molar-refractivity contribution in [2.75, 3.05) is 0 Å². The largest absolute Gasteiger partial charge is 0.391 e. The van der Waals surface area contributed by atoms with Crippen molar-refractivity contribution in [2.24, 2.45) is 18.9 Å². The van der Waals surface area contributed by atoms with Crippen molar-refractivity contribution in [1.82, 2.24) is 9.78 Å². The maximum absolute atomic E-state index is 12.7. The van der Waals surface area contributed by atoms with Gasteiger partial charge in [0.25, 0.3) is 0 Å². The SMILES string of the molecule is Cn1ccc(C(=O)C2CCCC(C(F)(F)F)C2)n1. The third-order valence-corrected chi connectivity index (χ3v) is 3.47. The Kier molecular flexibility index (Phi) is 3.45. The number of carbonyl (C=O) groups is 1. The molecule has 2 atom stereocenters. The Morgan fingerprint density at radius 3 is 2.72 bits per heavy atom. The van der Waals surface area contributed by atoms with Crippen LogP contribution in [0.1, 0.15) is 36.2 Å². The van der Waals surface area contributed by atoms with Crippen molar-refractivity contribution in [2.45, 2.75) is 31.9 Å². The number of carbonyl (C=O) groups excluding carboxylic acids is 1. The second-order valence-electron chi connectivity index (χ2n) is 4.84. The second-order valence-corrected chi connectivity index (χ2v) is 4.84. The normalized spacial score (nSPS) is 25.1. The number of rotatable bonds is 2. The van der Waals surface area contributed by atoms with E-state index in [2.05, 4.69) is 5.10 Å². The van der Waals surface area contributed by atoms with E-state index in [1.807, 2.05) is 0 Å². The highest BCUT2D eigenvalue weighted by atomic mass is 19.4. The Labute approximate surface area is 103 Å². The summed E-state index contributed by atoms with van der Waals surface area (Å²) in [5.41, 5.74) is 0.269. The summed E-state index contributed by atoms with van der Waals surface area (Å²) in [7, 11) is 1.68. The Morgan fingerprint density at radius 2 is 2.17 bits per heavy atom. The lowest BCUT2D eigenvalue weighted by atomic mass is 9.78. The van der Waals surface area contributed by atoms with Gasteiger partial charge in [-0.3, -0.25) is 9.48 Å². The first-order valence-corrected chi connectivity index (χ1v) is 5.98. The molecule has 0 N–H and O–H groups in total. The average molecular weight is 260 g/mol. The lowest BCUT2D eigenvalue weighted by molar-refractivity contribution is -0.184. The zero-order valence-corrected chi connectivity index (χ0v) is 10.1. The van der Waals surface area contributed by atoms with Gasteiger partial charge in [0.05, 0.1) is 5.92 Å². The molecule has 3 nitrogen and oxygen atoms in total. The number of hydrogen-bond donors (Lipinski definition) is 0. The highest BCUT2D eigenvalue weighted by Gasteiger charge is 2.43. The van der Waals surface area contributed by atoms with E-state index >= 15 is 0 Å². The van der Waals surface area contributed by atoms with Crippen LogP contribution in [0.5, 0.6) is 0 Å². The fourth-order valence-electron chi connectivity index (χ4n) is 2.48. The molecule has 1 aliphatic carbocycles. The minimum absolute atomic E-state index is 0.0983. The van der Waals surface area contributed by atoms with E-state index in [1.54, 1.807) is 19.3 Å². The topological polar surface area (TPSA) is 34.9 Å². The third kappa shape index (κ3) is 2.73. The van der Waals surface area contributed by atoms with Crippen LogP contribution < -0.4 is 0 Å². The molecule has 0 aliphatic heterocycles. The van der Waals surface area contributed by atoms with Crippen molar-refractivity contribution < 1.29 is 18.0 Å². The van der Waals surface area contributed by atoms with Gasteiger partial charge in [0.2, 0.25) is 0 Å². The van der Waals surface area contributed by atoms with Gasteiger partial charge in [-0.05, 0) is 25.3 Å². The molecule has 1 fully saturated rings. The highest BCUT2D eigenvalue weighted by molar-refractivity contribution is 5.96. The number of nitrogens with zero attached hydrogens (tertiary/aromatic N) is 2. The van der Waals surface area contributed by atoms with E-state index < -0.39 is 18.0 Å². The van der Waals surface area contributed by atoms with Gasteiger partial charge in [-0.15, -0.1) is 0 Å². The Hall–Kier alpha value is -1.33. The Morgan fingerprint density at radius 1 is 1.44 bits per heavy atom. The Balaban J connectivity index is 2.07. The van der Waals surface area contributed by atoms with Gasteiger partial charge in [0.15, 0.2) is 5.78 Å². The molecule has 0 radical (unpaired) electrons. The predicted octanol–water partition coefficient (Wildman–Crippen LogP) is 2.97. The molecule has 2 rings (SSSR count). The molecule has 1 heterocycles. The molecule has 0 saturated heterocycles. The lowest BCUT2D eigenvalue weighted by Crippen LogP contribution is -2.32. The number of ketones is 1. The van der Waals surface area contributed by atoms with Crippen LogP contribution in [0.25, 0.3) is 0 Å². The Bertz CT molecular complexity index is 439. The molecule has 0 amide bonds. The second kappa shape index (κ2) is 4.74. The summed E-state index contributed by atoms with van der Waals surface area (Å²) in [4.78, 5) is 12.0. The molecule has 2 unspecified atom stereocenters. The van der Waals surface area contributed by atoms with Gasteiger partial charge in [0.1, 0.15) is 5.69 Å². The summed E-state index contributed by atoms with van der Waals surface area (Å²) in [6, 6.07) is 1.56. The van der Waals surface area contributed by atoms with E-state index in [1.165, 1.54) is 4.68 Å². The molecule has 1 aromatic rings. The van der Waals surface area contributed by atoms with Crippen LogP contribution >= 0.6 is 0 Å². The number of halogens is 3. The first kappa shape index (κ1) is 13.1. The van der Waals surface area contributed by atoms with E-state index in [-0.39, 0.29) is 24.3 Å². The molecule has 0 spiro atoms. The maximum Gasteiger partial charge on any atom is 0.391 e. The van der Waals surface area contributed by atoms with E-state index in [0.29, 0.717) is 12.8 Å². The average Bonchev–Trinajstić information content (AvgIpc) is 2.74. The number of aryl methyl sites for hydroxylation is 1.